The molecule has 0 saturated heterocycles. The summed E-state index contributed by atoms with van der Waals surface area (Å²) in [5.74, 6) is 0. The van der Waals surface area contributed by atoms with E-state index in [-0.39, 0.29) is 0 Å². The van der Waals surface area contributed by atoms with Gasteiger partial charge in [0.15, 0.2) is 0 Å². The van der Waals surface area contributed by atoms with Gasteiger partial charge in [-0.25, -0.2) is 0 Å². The van der Waals surface area contributed by atoms with Crippen LogP contribution in [0.5, 0.6) is 0 Å². The second-order valence-corrected chi connectivity index (χ2v) is 3.79. The third kappa shape index (κ3) is 7.82. The van der Waals surface area contributed by atoms with E-state index in [0.717, 1.165) is 23.9 Å². The first-order valence-corrected chi connectivity index (χ1v) is 4.63. The molecule has 0 amide bonds. The van der Waals surface area contributed by atoms with Gasteiger partial charge in [-0.2, -0.15) is 0 Å². The summed E-state index contributed by atoms with van der Waals surface area (Å²) in [5, 5.41) is 3.32. The van der Waals surface area contributed by atoms with Crippen molar-refractivity contribution in [1.29, 1.82) is 0 Å². The monoisotopic (exact) mass is 217 g/mol. The topological polar surface area (TPSA) is 12.0 Å². The molecule has 0 bridgehead atoms. The fraction of sp³-hybridized carbons (Fsp3) is 0.556. The van der Waals surface area contributed by atoms with E-state index in [2.05, 4.69) is 41.3 Å². The van der Waals surface area contributed by atoms with Gasteiger partial charge in [0.05, 0.1) is 0 Å². The Kier molecular flexibility index (Phi) is 6.57. The van der Waals surface area contributed by atoms with Gasteiger partial charge in [-0.05, 0) is 19.8 Å². The Morgan fingerprint density at radius 3 is 2.82 bits per heavy atom. The lowest BCUT2D eigenvalue weighted by Gasteiger charge is -2.11. The van der Waals surface area contributed by atoms with Crippen LogP contribution in [0.1, 0.15) is 19.8 Å². The maximum Gasteiger partial charge on any atom is 0.0268 e. The predicted molar refractivity (Wildman–Crippen MR) is 55.0 cm³/mol. The number of nitrogens with one attached hydrogen (secondary N) is 1. The van der Waals surface area contributed by atoms with E-state index in [9.17, 15) is 0 Å². The van der Waals surface area contributed by atoms with Crippen LogP contribution in [0.25, 0.3) is 0 Å². The first-order valence-electron chi connectivity index (χ1n) is 3.84. The molecule has 1 N–H and O–H groups in total. The Labute approximate surface area is 77.7 Å². The summed E-state index contributed by atoms with van der Waals surface area (Å²) >= 11 is 3.29. The zero-order valence-corrected chi connectivity index (χ0v) is 8.65. The van der Waals surface area contributed by atoms with Gasteiger partial charge < -0.3 is 5.32 Å². The van der Waals surface area contributed by atoms with E-state index in [1.54, 1.807) is 0 Å². The second kappa shape index (κ2) is 6.62. The van der Waals surface area contributed by atoms with Crippen molar-refractivity contribution in [1.82, 2.24) is 5.32 Å². The van der Waals surface area contributed by atoms with Crippen LogP contribution in [-0.4, -0.2) is 12.6 Å². The van der Waals surface area contributed by atoms with Gasteiger partial charge in [0, 0.05) is 17.1 Å². The molecular formula is C9H16BrN. The quantitative estimate of drug-likeness (QED) is 0.676. The molecule has 0 aromatic carbocycles. The minimum absolute atomic E-state index is 0.544. The van der Waals surface area contributed by atoms with E-state index in [4.69, 9.17) is 0 Å². The van der Waals surface area contributed by atoms with E-state index in [1.807, 2.05) is 6.08 Å². The molecule has 0 fully saturated rings. The normalized spacial score (nSPS) is 12.5. The summed E-state index contributed by atoms with van der Waals surface area (Å²) < 4.78 is 1.00. The smallest absolute Gasteiger partial charge is 0.0268 e. The third-order valence-corrected chi connectivity index (χ3v) is 1.73. The maximum atomic E-state index is 3.74. The molecule has 0 aromatic rings. The molecule has 0 aliphatic carbocycles. The highest BCUT2D eigenvalue weighted by Gasteiger charge is 1.98. The van der Waals surface area contributed by atoms with E-state index >= 15 is 0 Å². The van der Waals surface area contributed by atoms with Crippen molar-refractivity contribution in [3.63, 3.8) is 0 Å². The first kappa shape index (κ1) is 10.9. The molecule has 0 radical (unpaired) electrons. The summed E-state index contributed by atoms with van der Waals surface area (Å²) in [6.45, 7) is 10.4. The van der Waals surface area contributed by atoms with E-state index < -0.39 is 0 Å². The highest BCUT2D eigenvalue weighted by molar-refractivity contribution is 9.11. The van der Waals surface area contributed by atoms with Crippen molar-refractivity contribution < 1.29 is 0 Å². The minimum atomic E-state index is 0.544. The third-order valence-electron chi connectivity index (χ3n) is 1.45. The Balaban J connectivity index is 3.28. The summed E-state index contributed by atoms with van der Waals surface area (Å²) in [6.07, 6.45) is 4.16. The zero-order chi connectivity index (χ0) is 8.69. The van der Waals surface area contributed by atoms with Gasteiger partial charge in [-0.3, -0.25) is 0 Å². The van der Waals surface area contributed by atoms with Crippen molar-refractivity contribution >= 4 is 15.9 Å². The van der Waals surface area contributed by atoms with Crippen molar-refractivity contribution in [3.8, 4) is 0 Å². The summed E-state index contributed by atoms with van der Waals surface area (Å²) in [5.41, 5.74) is 0. The van der Waals surface area contributed by atoms with Gasteiger partial charge in [-0.1, -0.05) is 28.6 Å². The molecule has 1 atom stereocenters. The fourth-order valence-corrected chi connectivity index (χ4v) is 0.917. The number of halogens is 1. The first-order chi connectivity index (χ1) is 5.16. The molecule has 0 saturated carbocycles. The average molecular weight is 218 g/mol. The van der Waals surface area contributed by atoms with Crippen LogP contribution in [0, 0.1) is 0 Å². The van der Waals surface area contributed by atoms with E-state index in [0.29, 0.717) is 6.04 Å². The van der Waals surface area contributed by atoms with Crippen molar-refractivity contribution in [2.75, 3.05) is 6.54 Å². The molecule has 0 heterocycles. The number of hydrogen-bond donors (Lipinski definition) is 1. The standard InChI is InChI=1S/C9H16BrN/c1-4-5-6-9(3)11-7-8(2)10/h4,9,11H,1-2,5-7H2,3H3. The Morgan fingerprint density at radius 2 is 2.36 bits per heavy atom. The molecule has 64 valence electrons. The molecule has 0 aromatic heterocycles. The second-order valence-electron chi connectivity index (χ2n) is 2.67. The highest BCUT2D eigenvalue weighted by atomic mass is 79.9. The predicted octanol–water partition coefficient (Wildman–Crippen LogP) is 2.84. The van der Waals surface area contributed by atoms with Crippen LogP contribution < -0.4 is 5.32 Å². The highest BCUT2D eigenvalue weighted by Crippen LogP contribution is 2.01. The number of rotatable bonds is 6. The largest absolute Gasteiger partial charge is 0.310 e. The maximum absolute atomic E-state index is 3.74. The lowest BCUT2D eigenvalue weighted by Crippen LogP contribution is -2.26. The minimum Gasteiger partial charge on any atom is -0.310 e. The van der Waals surface area contributed by atoms with Gasteiger partial charge in [0.1, 0.15) is 0 Å². The van der Waals surface area contributed by atoms with Crippen molar-refractivity contribution in [2.24, 2.45) is 0 Å². The van der Waals surface area contributed by atoms with Crippen LogP contribution in [-0.2, 0) is 0 Å². The molecule has 1 unspecified atom stereocenters. The molecule has 0 spiro atoms. The zero-order valence-electron chi connectivity index (χ0n) is 7.07. The molecular weight excluding hydrogens is 202 g/mol. The van der Waals surface area contributed by atoms with Crippen LogP contribution >= 0.6 is 15.9 Å². The molecule has 11 heavy (non-hydrogen) atoms. The molecule has 0 aliphatic rings. The fourth-order valence-electron chi connectivity index (χ4n) is 0.755. The van der Waals surface area contributed by atoms with Crippen LogP contribution in [0.2, 0.25) is 0 Å². The summed E-state index contributed by atoms with van der Waals surface area (Å²) in [7, 11) is 0. The summed E-state index contributed by atoms with van der Waals surface area (Å²) in [4.78, 5) is 0. The van der Waals surface area contributed by atoms with Crippen LogP contribution in [0.15, 0.2) is 23.7 Å². The van der Waals surface area contributed by atoms with Gasteiger partial charge in [0.2, 0.25) is 0 Å². The Morgan fingerprint density at radius 1 is 1.73 bits per heavy atom. The summed E-state index contributed by atoms with van der Waals surface area (Å²) in [6, 6.07) is 0.544. The van der Waals surface area contributed by atoms with Crippen LogP contribution in [0.3, 0.4) is 0 Å². The van der Waals surface area contributed by atoms with Gasteiger partial charge >= 0.3 is 0 Å². The van der Waals surface area contributed by atoms with Crippen LogP contribution in [0.4, 0.5) is 0 Å². The Hall–Kier alpha value is -0.0800. The average Bonchev–Trinajstić information content (AvgIpc) is 1.97. The molecule has 0 rings (SSSR count). The number of allylic oxidation sites excluding steroid dienone is 1. The molecule has 1 nitrogen and oxygen atoms in total. The lowest BCUT2D eigenvalue weighted by atomic mass is 10.2. The van der Waals surface area contributed by atoms with Crippen molar-refractivity contribution in [2.45, 2.75) is 25.8 Å². The van der Waals surface area contributed by atoms with Gasteiger partial charge in [0.25, 0.3) is 0 Å². The lowest BCUT2D eigenvalue weighted by molar-refractivity contribution is 0.547. The van der Waals surface area contributed by atoms with E-state index in [1.165, 1.54) is 0 Å². The van der Waals surface area contributed by atoms with Crippen molar-refractivity contribution in [3.05, 3.63) is 23.7 Å². The number of hydrogen-bond acceptors (Lipinski definition) is 1. The van der Waals surface area contributed by atoms with Gasteiger partial charge in [-0.15, -0.1) is 6.58 Å². The molecule has 2 heteroatoms. The Bertz CT molecular complexity index is 132. The molecule has 0 aliphatic heterocycles. The SMILES string of the molecule is C=CCCC(C)NCC(=C)Br.